The van der Waals surface area contributed by atoms with E-state index in [2.05, 4.69) is 14.8 Å². The van der Waals surface area contributed by atoms with Crippen molar-refractivity contribution in [1.29, 1.82) is 0 Å². The van der Waals surface area contributed by atoms with Crippen molar-refractivity contribution >= 4 is 28.3 Å². The number of thioether (sulfide) groups is 1. The van der Waals surface area contributed by atoms with Gasteiger partial charge in [0.25, 0.3) is 0 Å². The van der Waals surface area contributed by atoms with Crippen LogP contribution in [0.1, 0.15) is 27.5 Å². The zero-order valence-corrected chi connectivity index (χ0v) is 19.6. The van der Waals surface area contributed by atoms with Crippen LogP contribution in [0.3, 0.4) is 0 Å². The molecule has 0 saturated carbocycles. The summed E-state index contributed by atoms with van der Waals surface area (Å²) < 4.78 is 20.9. The largest absolute Gasteiger partial charge is 0.467 e. The molecule has 3 heterocycles. The van der Waals surface area contributed by atoms with E-state index in [1.54, 1.807) is 18.4 Å². The van der Waals surface area contributed by atoms with Crippen LogP contribution in [0.4, 0.5) is 4.39 Å². The number of Topliss-reactive ketones (excluding diaryl/α,β-unsaturated/α-hetero) is 1. The van der Waals surface area contributed by atoms with Crippen LogP contribution in [0.2, 0.25) is 0 Å². The highest BCUT2D eigenvalue weighted by Gasteiger charge is 2.18. The number of hydrogen-bond acceptors (Lipinski definition) is 5. The number of benzene rings is 2. The summed E-state index contributed by atoms with van der Waals surface area (Å²) in [6, 6.07) is 19.7. The van der Waals surface area contributed by atoms with Gasteiger partial charge >= 0.3 is 0 Å². The third kappa shape index (κ3) is 4.26. The van der Waals surface area contributed by atoms with Crippen LogP contribution in [-0.2, 0) is 6.54 Å². The van der Waals surface area contributed by atoms with Gasteiger partial charge < -0.3 is 8.98 Å². The predicted octanol–water partition coefficient (Wildman–Crippen LogP) is 6.47. The second-order valence-corrected chi connectivity index (χ2v) is 9.03. The number of furan rings is 1. The van der Waals surface area contributed by atoms with Crippen LogP contribution in [0, 0.1) is 19.7 Å². The summed E-state index contributed by atoms with van der Waals surface area (Å²) in [6.45, 7) is 4.54. The molecule has 0 radical (unpaired) electrons. The summed E-state index contributed by atoms with van der Waals surface area (Å²) in [5, 5.41) is 11.4. The van der Waals surface area contributed by atoms with E-state index >= 15 is 0 Å². The van der Waals surface area contributed by atoms with Gasteiger partial charge in [0, 0.05) is 33.3 Å². The Kier molecular flexibility index (Phi) is 6.02. The Balaban J connectivity index is 1.39. The van der Waals surface area contributed by atoms with E-state index < -0.39 is 0 Å². The number of fused-ring (bicyclic) bond motifs is 1. The van der Waals surface area contributed by atoms with Crippen LogP contribution in [0.25, 0.3) is 22.0 Å². The Morgan fingerprint density at radius 3 is 2.50 bits per heavy atom. The highest BCUT2D eigenvalue weighted by molar-refractivity contribution is 8.00. The molecule has 0 spiro atoms. The minimum Gasteiger partial charge on any atom is -0.467 e. The first-order valence-corrected chi connectivity index (χ1v) is 11.9. The number of aryl methyl sites for hydroxylation is 1. The monoisotopic (exact) mass is 471 g/mol. The van der Waals surface area contributed by atoms with Crippen molar-refractivity contribution in [3.05, 3.63) is 102 Å². The maximum atomic E-state index is 13.4. The average molecular weight is 472 g/mol. The molecule has 2 aromatic carbocycles. The molecular weight excluding hydrogens is 449 g/mol. The number of aromatic nitrogens is 3. The van der Waals surface area contributed by atoms with Gasteiger partial charge in [-0.1, -0.05) is 36.0 Å². The molecule has 0 N–H and O–H groups in total. The lowest BCUT2D eigenvalue weighted by Crippen LogP contribution is -2.07. The lowest BCUT2D eigenvalue weighted by Gasteiger charge is -2.09. The number of nitrogens with zero attached hydrogens (tertiary/aromatic N) is 3. The lowest BCUT2D eigenvalue weighted by molar-refractivity contribution is 0.102. The molecule has 0 amide bonds. The lowest BCUT2D eigenvalue weighted by atomic mass is 10.1. The molecule has 0 bridgehead atoms. The van der Waals surface area contributed by atoms with Gasteiger partial charge in [0.2, 0.25) is 0 Å². The van der Waals surface area contributed by atoms with Crippen LogP contribution >= 0.6 is 11.8 Å². The third-order valence-corrected chi connectivity index (χ3v) is 6.86. The molecule has 0 aliphatic rings. The fraction of sp³-hybridized carbons (Fsp3) is 0.148. The Bertz CT molecular complexity index is 1470. The molecule has 5 rings (SSSR count). The van der Waals surface area contributed by atoms with Crippen LogP contribution < -0.4 is 0 Å². The molecule has 5 aromatic rings. The van der Waals surface area contributed by atoms with Crippen LogP contribution in [0.15, 0.2) is 82.4 Å². The smallest absolute Gasteiger partial charge is 0.174 e. The Morgan fingerprint density at radius 2 is 1.76 bits per heavy atom. The summed E-state index contributed by atoms with van der Waals surface area (Å²) in [7, 11) is 0. The van der Waals surface area contributed by atoms with E-state index in [1.807, 2.05) is 56.3 Å². The van der Waals surface area contributed by atoms with Gasteiger partial charge in [-0.2, -0.15) is 0 Å². The maximum absolute atomic E-state index is 13.4. The van der Waals surface area contributed by atoms with Gasteiger partial charge in [0.15, 0.2) is 5.78 Å². The van der Waals surface area contributed by atoms with Crippen LogP contribution in [-0.4, -0.2) is 26.3 Å². The first-order valence-electron chi connectivity index (χ1n) is 10.9. The quantitative estimate of drug-likeness (QED) is 0.201. The van der Waals surface area contributed by atoms with E-state index in [0.29, 0.717) is 22.8 Å². The molecular formula is C27H22FN3O2S. The molecule has 0 fully saturated rings. The fourth-order valence-corrected chi connectivity index (χ4v) is 4.96. The van der Waals surface area contributed by atoms with Crippen molar-refractivity contribution in [2.45, 2.75) is 25.4 Å². The topological polar surface area (TPSA) is 60.9 Å². The second kappa shape index (κ2) is 9.27. The van der Waals surface area contributed by atoms with Crippen molar-refractivity contribution < 1.29 is 13.6 Å². The molecule has 3 aromatic heterocycles. The number of carbonyl (C=O) groups is 1. The van der Waals surface area contributed by atoms with E-state index in [4.69, 9.17) is 4.42 Å². The van der Waals surface area contributed by atoms with Gasteiger partial charge in [-0.3, -0.25) is 4.79 Å². The van der Waals surface area contributed by atoms with E-state index in [1.165, 1.54) is 23.9 Å². The summed E-state index contributed by atoms with van der Waals surface area (Å²) in [5.74, 6) is 0.838. The first kappa shape index (κ1) is 22.1. The molecule has 170 valence electrons. The summed E-state index contributed by atoms with van der Waals surface area (Å²) in [6.07, 6.45) is 1.65. The van der Waals surface area contributed by atoms with Gasteiger partial charge in [-0.15, -0.1) is 10.2 Å². The maximum Gasteiger partial charge on any atom is 0.174 e. The highest BCUT2D eigenvalue weighted by Crippen LogP contribution is 2.32. The standard InChI is InChI=1S/C27H22FN3O2S/c1-17-14-24(18(2)31(17)15-21-6-5-13-33-21)25(32)16-34-27-23-8-4-3-7-22(23)26(29-30-27)19-9-11-20(28)12-10-19/h3-14H,15-16H2,1-2H3. The van der Waals surface area contributed by atoms with Crippen molar-refractivity contribution in [3.63, 3.8) is 0 Å². The Labute approximate surface area is 200 Å². The van der Waals surface area contributed by atoms with Gasteiger partial charge in [0.05, 0.1) is 18.6 Å². The highest BCUT2D eigenvalue weighted by atomic mass is 32.2. The van der Waals surface area contributed by atoms with Crippen LogP contribution in [0.5, 0.6) is 0 Å². The summed E-state index contributed by atoms with van der Waals surface area (Å²) in [5.41, 5.74) is 4.12. The average Bonchev–Trinajstić information content (AvgIpc) is 3.47. The van der Waals surface area contributed by atoms with Gasteiger partial charge in [-0.05, 0) is 56.3 Å². The molecule has 0 unspecified atom stereocenters. The number of hydrogen-bond donors (Lipinski definition) is 0. The molecule has 34 heavy (non-hydrogen) atoms. The number of halogens is 1. The van der Waals surface area contributed by atoms with Gasteiger partial charge in [0.1, 0.15) is 22.3 Å². The van der Waals surface area contributed by atoms with E-state index in [-0.39, 0.29) is 17.4 Å². The number of ketones is 1. The van der Waals surface area contributed by atoms with Crippen molar-refractivity contribution in [1.82, 2.24) is 14.8 Å². The molecule has 0 saturated heterocycles. The van der Waals surface area contributed by atoms with Crippen molar-refractivity contribution in [2.75, 3.05) is 5.75 Å². The molecule has 5 nitrogen and oxygen atoms in total. The zero-order chi connectivity index (χ0) is 23.7. The Morgan fingerprint density at radius 1 is 1.00 bits per heavy atom. The SMILES string of the molecule is Cc1cc(C(=O)CSc2nnc(-c3ccc(F)cc3)c3ccccc23)c(C)n1Cc1ccco1. The second-order valence-electron chi connectivity index (χ2n) is 8.07. The molecule has 7 heteroatoms. The van der Waals surface area contributed by atoms with Gasteiger partial charge in [-0.25, -0.2) is 4.39 Å². The van der Waals surface area contributed by atoms with Crippen molar-refractivity contribution in [3.8, 4) is 11.3 Å². The normalized spacial score (nSPS) is 11.3. The molecule has 0 atom stereocenters. The summed E-state index contributed by atoms with van der Waals surface area (Å²) in [4.78, 5) is 13.1. The van der Waals surface area contributed by atoms with Crippen molar-refractivity contribution in [2.24, 2.45) is 0 Å². The number of carbonyl (C=O) groups excluding carboxylic acids is 1. The van der Waals surface area contributed by atoms with E-state index in [0.717, 1.165) is 33.5 Å². The predicted molar refractivity (Wildman–Crippen MR) is 132 cm³/mol. The summed E-state index contributed by atoms with van der Waals surface area (Å²) >= 11 is 1.38. The third-order valence-electron chi connectivity index (χ3n) is 5.88. The zero-order valence-electron chi connectivity index (χ0n) is 18.8. The Hall–Kier alpha value is -3.71. The van der Waals surface area contributed by atoms with E-state index in [9.17, 15) is 9.18 Å². The number of rotatable bonds is 7. The molecule has 0 aliphatic heterocycles. The minimum atomic E-state index is -0.296. The molecule has 0 aliphatic carbocycles. The minimum absolute atomic E-state index is 0.0392. The fourth-order valence-electron chi connectivity index (χ4n) is 4.10. The first-order chi connectivity index (χ1) is 16.5.